The molecule has 0 aromatic carbocycles. The van der Waals surface area contributed by atoms with E-state index in [0.717, 1.165) is 12.2 Å². The second-order valence-corrected chi connectivity index (χ2v) is 14.5. The lowest BCUT2D eigenvalue weighted by molar-refractivity contribution is -0.385. The second-order valence-electron chi connectivity index (χ2n) is 8.51. The quantitative estimate of drug-likeness (QED) is 0.197. The lowest BCUT2D eigenvalue weighted by Crippen LogP contribution is -2.24. The van der Waals surface area contributed by atoms with Crippen molar-refractivity contribution in [2.75, 3.05) is 19.8 Å². The summed E-state index contributed by atoms with van der Waals surface area (Å²) in [5, 5.41) is 12.3. The van der Waals surface area contributed by atoms with Crippen molar-refractivity contribution >= 4 is 42.2 Å². The number of carbonyl (C=O) groups excluding carboxylic acids is 1. The first-order chi connectivity index (χ1) is 13.7. The first kappa shape index (κ1) is 21.9. The summed E-state index contributed by atoms with van der Waals surface area (Å²) in [5.41, 5.74) is 0.209. The van der Waals surface area contributed by atoms with Crippen LogP contribution in [0.3, 0.4) is 0 Å². The average molecular weight is 440 g/mol. The number of carbonyl (C=O) groups is 1. The molecule has 1 aliphatic heterocycles. The summed E-state index contributed by atoms with van der Waals surface area (Å²) in [5.74, 6) is -0.552. The van der Waals surface area contributed by atoms with E-state index in [0.29, 0.717) is 48.8 Å². The van der Waals surface area contributed by atoms with Gasteiger partial charge >= 0.3 is 0 Å². The lowest BCUT2D eigenvalue weighted by Gasteiger charge is -2.26. The van der Waals surface area contributed by atoms with Crippen LogP contribution in [0.2, 0.25) is 30.8 Å². The minimum atomic E-state index is -1.22. The molecule has 0 aliphatic carbocycles. The van der Waals surface area contributed by atoms with E-state index >= 15 is 0 Å². The van der Waals surface area contributed by atoms with Crippen LogP contribution in [0, 0.1) is 16.0 Å². The zero-order chi connectivity index (χ0) is 21.2. The molecule has 0 atom stereocenters. The van der Waals surface area contributed by atoms with E-state index < -0.39 is 13.0 Å². The normalized spacial score (nSPS) is 15.7. The topological polar surface area (TPSA) is 96.5 Å². The summed E-state index contributed by atoms with van der Waals surface area (Å²) < 4.78 is 12.7. The minimum absolute atomic E-state index is 0.0784. The van der Waals surface area contributed by atoms with Gasteiger partial charge in [0.15, 0.2) is 5.78 Å². The van der Waals surface area contributed by atoms with Crippen LogP contribution in [-0.4, -0.2) is 48.2 Å². The molecule has 0 spiro atoms. The number of fused-ring (bicyclic) bond motifs is 1. The van der Waals surface area contributed by atoms with Gasteiger partial charge in [0.1, 0.15) is 29.3 Å². The smallest absolute Gasteiger partial charge is 0.299 e. The summed E-state index contributed by atoms with van der Waals surface area (Å²) in [7, 11) is -1.22. The van der Waals surface area contributed by atoms with Crippen LogP contribution in [0.25, 0.3) is 11.0 Å². The van der Waals surface area contributed by atoms with Crippen molar-refractivity contribution in [1.82, 2.24) is 9.55 Å². The second kappa shape index (κ2) is 8.91. The first-order valence-electron chi connectivity index (χ1n) is 9.71. The first-order valence-corrected chi connectivity index (χ1v) is 13.8. The molecule has 0 amide bonds. The number of hydrogen-bond acceptors (Lipinski definition) is 6. The van der Waals surface area contributed by atoms with Crippen LogP contribution in [-0.2, 0) is 16.2 Å². The van der Waals surface area contributed by atoms with Gasteiger partial charge in [0, 0.05) is 31.1 Å². The predicted molar refractivity (Wildman–Crippen MR) is 113 cm³/mol. The Balaban J connectivity index is 1.95. The Labute approximate surface area is 175 Å². The van der Waals surface area contributed by atoms with E-state index in [-0.39, 0.29) is 29.7 Å². The molecule has 29 heavy (non-hydrogen) atoms. The van der Waals surface area contributed by atoms with Gasteiger partial charge in [0.2, 0.25) is 0 Å². The predicted octanol–water partition coefficient (Wildman–Crippen LogP) is 4.52. The highest BCUT2D eigenvalue weighted by molar-refractivity contribution is 6.76. The largest absolute Gasteiger partial charge is 0.381 e. The van der Waals surface area contributed by atoms with Gasteiger partial charge in [0.05, 0.1) is 4.92 Å². The van der Waals surface area contributed by atoms with E-state index in [1.54, 1.807) is 10.6 Å². The van der Waals surface area contributed by atoms with Crippen molar-refractivity contribution in [3.05, 3.63) is 33.1 Å². The maximum atomic E-state index is 13.2. The summed E-state index contributed by atoms with van der Waals surface area (Å²) in [6.45, 7) is 8.54. The van der Waals surface area contributed by atoms with Crippen LogP contribution >= 0.6 is 11.6 Å². The van der Waals surface area contributed by atoms with E-state index in [1.165, 1.54) is 0 Å². The number of Topliss-reactive ketones (excluding diaryl/α,β-unsaturated/α-hetero) is 1. The van der Waals surface area contributed by atoms with Gasteiger partial charge in [0.25, 0.3) is 5.69 Å². The molecule has 0 radical (unpaired) electrons. The number of nitro groups is 1. The van der Waals surface area contributed by atoms with E-state index in [9.17, 15) is 14.9 Å². The summed E-state index contributed by atoms with van der Waals surface area (Å²) in [6.07, 6.45) is 2.24. The Morgan fingerprint density at radius 1 is 1.41 bits per heavy atom. The molecular formula is C19H26ClN3O5Si-. The molecule has 1 aliphatic rings. The lowest BCUT2D eigenvalue weighted by atomic mass is 9.89. The molecule has 159 valence electrons. The molecule has 0 N–H and O–H groups in total. The molecular weight excluding hydrogens is 414 g/mol. The number of aromatic nitrogens is 2. The molecule has 10 heteroatoms. The highest BCUT2D eigenvalue weighted by Crippen LogP contribution is 2.34. The van der Waals surface area contributed by atoms with E-state index in [1.807, 2.05) is 0 Å². The van der Waals surface area contributed by atoms with Gasteiger partial charge in [-0.15, -0.1) is 14.1 Å². The van der Waals surface area contributed by atoms with Crippen molar-refractivity contribution in [3.63, 3.8) is 0 Å². The number of rotatable bonds is 8. The molecule has 8 nitrogen and oxygen atoms in total. The Morgan fingerprint density at radius 2 is 2.10 bits per heavy atom. The summed E-state index contributed by atoms with van der Waals surface area (Å²) >= 11 is 6.38. The third-order valence-corrected chi connectivity index (χ3v) is 7.12. The molecule has 1 saturated heterocycles. The highest BCUT2D eigenvalue weighted by atomic mass is 35.5. The fourth-order valence-electron chi connectivity index (χ4n) is 3.37. The van der Waals surface area contributed by atoms with Gasteiger partial charge in [-0.1, -0.05) is 11.6 Å². The maximum Gasteiger partial charge on any atom is 0.299 e. The number of hydrogen-bond donors (Lipinski definition) is 0. The molecule has 2 aromatic rings. The molecule has 3 heterocycles. The van der Waals surface area contributed by atoms with Crippen molar-refractivity contribution < 1.29 is 19.2 Å². The molecule has 2 aromatic heterocycles. The maximum absolute atomic E-state index is 13.2. The van der Waals surface area contributed by atoms with Gasteiger partial charge in [-0.3, -0.25) is 19.5 Å². The number of ether oxygens (including phenoxy) is 2. The Morgan fingerprint density at radius 3 is 2.72 bits per heavy atom. The van der Waals surface area contributed by atoms with Gasteiger partial charge in [-0.25, -0.2) is 4.98 Å². The molecule has 1 fully saturated rings. The number of ketones is 1. The number of nitrogens with zero attached hydrogens (tertiary/aromatic N) is 3. The van der Waals surface area contributed by atoms with Crippen molar-refractivity contribution in [2.45, 2.75) is 45.3 Å². The van der Waals surface area contributed by atoms with Crippen molar-refractivity contribution in [2.24, 2.45) is 5.92 Å². The van der Waals surface area contributed by atoms with Crippen molar-refractivity contribution in [1.29, 1.82) is 0 Å². The number of halogens is 1. The zero-order valence-corrected chi connectivity index (χ0v) is 18.7. The molecule has 3 rings (SSSR count). The van der Waals surface area contributed by atoms with Crippen LogP contribution in [0.4, 0.5) is 5.69 Å². The third kappa shape index (κ3) is 5.03. The highest BCUT2D eigenvalue weighted by Gasteiger charge is 2.32. The Kier molecular flexibility index (Phi) is 6.72. The minimum Gasteiger partial charge on any atom is -0.381 e. The van der Waals surface area contributed by atoms with Gasteiger partial charge in [-0.05, 0) is 18.9 Å². The fraction of sp³-hybridized carbons (Fsp3) is 0.579. The summed E-state index contributed by atoms with van der Waals surface area (Å²) in [4.78, 5) is 28.4. The molecule has 0 bridgehead atoms. The number of pyridine rings is 1. The fourth-order valence-corrected chi connectivity index (χ4v) is 4.37. The average Bonchev–Trinajstić information content (AvgIpc) is 2.99. The Bertz CT molecular complexity index is 919. The third-order valence-electron chi connectivity index (χ3n) is 5.10. The SMILES string of the molecule is C[Si-](C)(C)CCOCn1c(Cl)cc2c(C(=O)C3CCOCC3)c([N+](=O)[O-])cnc21. The van der Waals surface area contributed by atoms with Gasteiger partial charge < -0.3 is 9.47 Å². The standard InChI is InChI=1S/C19H26ClN3O5Si/c1-29(2,3)9-8-28-12-22-16(20)10-14-17(15(23(25)26)11-21-19(14)22)18(24)13-4-6-27-7-5-13/h10-11,13H,4-9,12H2,1-3H3/q-1. The summed E-state index contributed by atoms with van der Waals surface area (Å²) in [6, 6.07) is 2.58. The van der Waals surface area contributed by atoms with E-state index in [2.05, 4.69) is 24.6 Å². The van der Waals surface area contributed by atoms with Crippen LogP contribution in [0.1, 0.15) is 23.2 Å². The van der Waals surface area contributed by atoms with Gasteiger partial charge in [-0.2, -0.15) is 19.6 Å². The van der Waals surface area contributed by atoms with E-state index in [4.69, 9.17) is 21.1 Å². The van der Waals surface area contributed by atoms with Crippen LogP contribution < -0.4 is 0 Å². The molecule has 0 unspecified atom stereocenters. The monoisotopic (exact) mass is 439 g/mol. The molecule has 0 saturated carbocycles. The van der Waals surface area contributed by atoms with Crippen molar-refractivity contribution in [3.8, 4) is 0 Å². The Hall–Kier alpha value is -1.81. The van der Waals surface area contributed by atoms with Crippen LogP contribution in [0.15, 0.2) is 12.3 Å². The zero-order valence-electron chi connectivity index (χ0n) is 16.9. The van der Waals surface area contributed by atoms with Crippen LogP contribution in [0.5, 0.6) is 0 Å².